The maximum Gasteiger partial charge on any atom is 0.269 e. The number of para-hydroxylation sites is 3. The van der Waals surface area contributed by atoms with Crippen molar-refractivity contribution in [3.63, 3.8) is 0 Å². The summed E-state index contributed by atoms with van der Waals surface area (Å²) in [7, 11) is 0. The number of rotatable bonds is 12. The minimum Gasteiger partial charge on any atom is -0.492 e. The number of hydrogen-bond acceptors (Lipinski definition) is 8. The minimum absolute atomic E-state index is 0.0301. The molecule has 0 saturated carbocycles. The molecule has 11 heteroatoms. The zero-order valence-corrected chi connectivity index (χ0v) is 24.4. The summed E-state index contributed by atoms with van der Waals surface area (Å²) in [5.74, 6) is 2.50. The van der Waals surface area contributed by atoms with Crippen LogP contribution < -0.4 is 9.64 Å². The highest BCUT2D eigenvalue weighted by Crippen LogP contribution is 2.30. The second kappa shape index (κ2) is 14.0. The first kappa shape index (κ1) is 29.1. The molecule has 1 amide bonds. The molecule has 42 heavy (non-hydrogen) atoms. The summed E-state index contributed by atoms with van der Waals surface area (Å²) in [6, 6.07) is 24.2. The summed E-state index contributed by atoms with van der Waals surface area (Å²) in [6.45, 7) is 5.60. The Morgan fingerprint density at radius 2 is 1.64 bits per heavy atom. The van der Waals surface area contributed by atoms with E-state index in [2.05, 4.69) is 21.2 Å². The molecule has 5 rings (SSSR count). The lowest BCUT2D eigenvalue weighted by Crippen LogP contribution is -2.48. The number of nitrogens with zero attached hydrogens (tertiary/aromatic N) is 6. The zero-order valence-electron chi connectivity index (χ0n) is 23.6. The molecule has 0 atom stereocenters. The summed E-state index contributed by atoms with van der Waals surface area (Å²) in [4.78, 5) is 27.8. The standard InChI is InChI=1S/C31H34N6O4S/c1-2-41-28-13-7-6-12-27(28)34-19-21-35(22-20-34)29(38)14-8-9-23-42-31-33-32-30(36(31)25-10-4-3-5-11-25)24-15-17-26(18-16-24)37(39)40/h3-7,10-13,15-18H,2,8-9,14,19-23H2,1H3. The molecule has 0 aliphatic carbocycles. The number of aromatic nitrogens is 3. The van der Waals surface area contributed by atoms with Crippen molar-refractivity contribution in [2.24, 2.45) is 0 Å². The molecule has 0 radical (unpaired) electrons. The molecule has 1 fully saturated rings. The number of nitro groups is 1. The third kappa shape index (κ3) is 6.91. The summed E-state index contributed by atoms with van der Waals surface area (Å²) in [5.41, 5.74) is 2.78. The Bertz CT molecular complexity index is 1490. The molecule has 1 saturated heterocycles. The largest absolute Gasteiger partial charge is 0.492 e. The van der Waals surface area contributed by atoms with Gasteiger partial charge in [0.1, 0.15) is 5.75 Å². The van der Waals surface area contributed by atoms with Gasteiger partial charge in [-0.05, 0) is 56.2 Å². The van der Waals surface area contributed by atoms with Crippen LogP contribution in [-0.4, -0.2) is 69.0 Å². The van der Waals surface area contributed by atoms with E-state index >= 15 is 0 Å². The highest BCUT2D eigenvalue weighted by atomic mass is 32.2. The van der Waals surface area contributed by atoms with E-state index in [4.69, 9.17) is 4.74 Å². The Kier molecular flexibility index (Phi) is 9.70. The lowest BCUT2D eigenvalue weighted by atomic mass is 10.2. The van der Waals surface area contributed by atoms with Gasteiger partial charge in [-0.25, -0.2) is 0 Å². The molecule has 0 unspecified atom stereocenters. The number of carbonyl (C=O) groups excluding carboxylic acids is 1. The van der Waals surface area contributed by atoms with Crippen molar-refractivity contribution in [1.29, 1.82) is 0 Å². The number of anilines is 1. The van der Waals surface area contributed by atoms with Crippen LogP contribution in [-0.2, 0) is 4.79 Å². The average molecular weight is 587 g/mol. The average Bonchev–Trinajstić information content (AvgIpc) is 3.45. The number of nitro benzene ring substituents is 1. The first-order valence-corrected chi connectivity index (χ1v) is 15.2. The van der Waals surface area contributed by atoms with Crippen LogP contribution in [0.1, 0.15) is 26.2 Å². The minimum atomic E-state index is -0.416. The van der Waals surface area contributed by atoms with Crippen LogP contribution in [0.15, 0.2) is 84.0 Å². The molecular formula is C31H34N6O4S. The second-order valence-corrected chi connectivity index (χ2v) is 10.9. The van der Waals surface area contributed by atoms with Crippen LogP contribution >= 0.6 is 11.8 Å². The Morgan fingerprint density at radius 1 is 0.929 bits per heavy atom. The summed E-state index contributed by atoms with van der Waals surface area (Å²) in [5, 5.41) is 20.7. The van der Waals surface area contributed by atoms with Gasteiger partial charge in [0.2, 0.25) is 5.91 Å². The van der Waals surface area contributed by atoms with Gasteiger partial charge in [-0.2, -0.15) is 0 Å². The van der Waals surface area contributed by atoms with Crippen LogP contribution in [0.3, 0.4) is 0 Å². The lowest BCUT2D eigenvalue weighted by Gasteiger charge is -2.36. The van der Waals surface area contributed by atoms with Gasteiger partial charge in [0.25, 0.3) is 5.69 Å². The monoisotopic (exact) mass is 586 g/mol. The van der Waals surface area contributed by atoms with E-state index in [9.17, 15) is 14.9 Å². The number of ether oxygens (including phenoxy) is 1. The maximum atomic E-state index is 12.9. The van der Waals surface area contributed by atoms with Gasteiger partial charge in [0, 0.05) is 61.7 Å². The van der Waals surface area contributed by atoms with E-state index in [-0.39, 0.29) is 11.6 Å². The maximum absolute atomic E-state index is 12.9. The third-order valence-electron chi connectivity index (χ3n) is 7.14. The van der Waals surface area contributed by atoms with Gasteiger partial charge in [0.15, 0.2) is 11.0 Å². The Hall–Kier alpha value is -4.38. The first-order valence-electron chi connectivity index (χ1n) is 14.2. The quantitative estimate of drug-likeness (QED) is 0.0881. The van der Waals surface area contributed by atoms with Gasteiger partial charge in [-0.1, -0.05) is 42.1 Å². The highest BCUT2D eigenvalue weighted by Gasteiger charge is 2.23. The van der Waals surface area contributed by atoms with E-state index in [0.29, 0.717) is 31.9 Å². The number of thioether (sulfide) groups is 1. The molecule has 2 heterocycles. The number of unbranched alkanes of at least 4 members (excludes halogenated alkanes) is 1. The number of non-ortho nitro benzene ring substituents is 1. The SMILES string of the molecule is CCOc1ccccc1N1CCN(C(=O)CCCCSc2nnc(-c3ccc([N+](=O)[O-])cc3)n2-c2ccccc2)CC1. The van der Waals surface area contributed by atoms with Crippen LogP contribution in [0.4, 0.5) is 11.4 Å². The molecule has 4 aromatic rings. The van der Waals surface area contributed by atoms with E-state index in [1.165, 1.54) is 12.1 Å². The topological polar surface area (TPSA) is 107 Å². The van der Waals surface area contributed by atoms with Crippen molar-refractivity contribution < 1.29 is 14.5 Å². The zero-order chi connectivity index (χ0) is 29.3. The highest BCUT2D eigenvalue weighted by molar-refractivity contribution is 7.99. The molecule has 1 aliphatic heterocycles. The van der Waals surface area contributed by atoms with E-state index in [1.54, 1.807) is 23.9 Å². The van der Waals surface area contributed by atoms with Crippen molar-refractivity contribution in [3.8, 4) is 22.8 Å². The Labute approximate surface area is 249 Å². The summed E-state index contributed by atoms with van der Waals surface area (Å²) < 4.78 is 7.76. The van der Waals surface area contributed by atoms with Gasteiger partial charge < -0.3 is 14.5 Å². The summed E-state index contributed by atoms with van der Waals surface area (Å²) >= 11 is 1.59. The molecule has 1 aromatic heterocycles. The summed E-state index contributed by atoms with van der Waals surface area (Å²) in [6.07, 6.45) is 2.19. The molecule has 0 bridgehead atoms. The van der Waals surface area contributed by atoms with Gasteiger partial charge in [-0.3, -0.25) is 19.5 Å². The van der Waals surface area contributed by atoms with E-state index < -0.39 is 4.92 Å². The number of hydrogen-bond donors (Lipinski definition) is 0. The predicted octanol–water partition coefficient (Wildman–Crippen LogP) is 5.85. The van der Waals surface area contributed by atoms with Crippen LogP contribution in [0.5, 0.6) is 5.75 Å². The van der Waals surface area contributed by atoms with Crippen LogP contribution in [0, 0.1) is 10.1 Å². The molecule has 1 aliphatic rings. The number of amides is 1. The molecule has 0 spiro atoms. The van der Waals surface area contributed by atoms with Gasteiger partial charge in [-0.15, -0.1) is 10.2 Å². The van der Waals surface area contributed by atoms with Crippen molar-refractivity contribution in [3.05, 3.63) is 89.0 Å². The number of benzene rings is 3. The van der Waals surface area contributed by atoms with Crippen molar-refractivity contribution in [2.45, 2.75) is 31.3 Å². The molecule has 10 nitrogen and oxygen atoms in total. The molecule has 0 N–H and O–H groups in total. The predicted molar refractivity (Wildman–Crippen MR) is 164 cm³/mol. The fourth-order valence-corrected chi connectivity index (χ4v) is 5.94. The van der Waals surface area contributed by atoms with Crippen molar-refractivity contribution >= 4 is 29.0 Å². The van der Waals surface area contributed by atoms with Gasteiger partial charge in [0.05, 0.1) is 17.2 Å². The Morgan fingerprint density at radius 3 is 2.36 bits per heavy atom. The lowest BCUT2D eigenvalue weighted by molar-refractivity contribution is -0.384. The molecule has 218 valence electrons. The Balaban J connectivity index is 1.13. The fraction of sp³-hybridized carbons (Fsp3) is 0.323. The van der Waals surface area contributed by atoms with Crippen LogP contribution in [0.2, 0.25) is 0 Å². The molecular weight excluding hydrogens is 552 g/mol. The fourth-order valence-electron chi connectivity index (χ4n) is 4.99. The van der Waals surface area contributed by atoms with E-state index in [1.807, 2.05) is 64.9 Å². The smallest absolute Gasteiger partial charge is 0.269 e. The van der Waals surface area contributed by atoms with Crippen molar-refractivity contribution in [2.75, 3.05) is 43.4 Å². The van der Waals surface area contributed by atoms with Crippen molar-refractivity contribution in [1.82, 2.24) is 19.7 Å². The number of carbonyl (C=O) groups is 1. The normalized spacial score (nSPS) is 13.3. The second-order valence-electron chi connectivity index (χ2n) is 9.86. The first-order chi connectivity index (χ1) is 20.5. The van der Waals surface area contributed by atoms with Gasteiger partial charge >= 0.3 is 0 Å². The van der Waals surface area contributed by atoms with Crippen LogP contribution in [0.25, 0.3) is 17.1 Å². The van der Waals surface area contributed by atoms with E-state index in [0.717, 1.165) is 59.5 Å². The molecule has 3 aromatic carbocycles. The third-order valence-corrected chi connectivity index (χ3v) is 8.15. The number of piperazine rings is 1.